The summed E-state index contributed by atoms with van der Waals surface area (Å²) in [6, 6.07) is 8.83. The van der Waals surface area contributed by atoms with E-state index in [1.54, 1.807) is 25.1 Å². The lowest BCUT2D eigenvalue weighted by Crippen LogP contribution is -2.14. The second kappa shape index (κ2) is 6.49. The first-order valence-electron chi connectivity index (χ1n) is 7.46. The number of hydrogen-bond acceptors (Lipinski definition) is 5. The molecule has 1 aromatic carbocycles. The van der Waals surface area contributed by atoms with E-state index in [9.17, 15) is 4.79 Å². The molecular weight excluding hydrogens is 330 g/mol. The van der Waals surface area contributed by atoms with Gasteiger partial charge in [-0.1, -0.05) is 47.9 Å². The normalized spacial score (nSPS) is 11.0. The summed E-state index contributed by atoms with van der Waals surface area (Å²) < 4.78 is 10.4. The number of amides is 1. The SMILES string of the molecule is Cc1noc(C(C)C)c1C(=O)Nc1cc(-c2ccc(Cl)cc2)no1. The Balaban J connectivity index is 1.81. The van der Waals surface area contributed by atoms with Gasteiger partial charge in [0.2, 0.25) is 5.88 Å². The summed E-state index contributed by atoms with van der Waals surface area (Å²) in [4.78, 5) is 12.5. The van der Waals surface area contributed by atoms with E-state index in [2.05, 4.69) is 15.6 Å². The summed E-state index contributed by atoms with van der Waals surface area (Å²) >= 11 is 5.87. The second-order valence-corrected chi connectivity index (χ2v) is 6.14. The number of benzene rings is 1. The number of carbonyl (C=O) groups is 1. The van der Waals surface area contributed by atoms with Crippen molar-refractivity contribution < 1.29 is 13.8 Å². The summed E-state index contributed by atoms with van der Waals surface area (Å²) in [6.07, 6.45) is 0. The molecule has 0 saturated carbocycles. The van der Waals surface area contributed by atoms with Gasteiger partial charge in [0, 0.05) is 22.6 Å². The molecule has 2 aromatic heterocycles. The number of anilines is 1. The van der Waals surface area contributed by atoms with Gasteiger partial charge in [-0.05, 0) is 19.1 Å². The van der Waals surface area contributed by atoms with E-state index in [1.165, 1.54) is 0 Å². The van der Waals surface area contributed by atoms with Gasteiger partial charge in [0.05, 0.1) is 5.69 Å². The lowest BCUT2D eigenvalue weighted by atomic mass is 10.0. The molecule has 6 nitrogen and oxygen atoms in total. The molecule has 0 unspecified atom stereocenters. The van der Waals surface area contributed by atoms with E-state index < -0.39 is 0 Å². The van der Waals surface area contributed by atoms with Gasteiger partial charge in [-0.15, -0.1) is 0 Å². The molecule has 0 atom stereocenters. The van der Waals surface area contributed by atoms with Crippen molar-refractivity contribution in [1.82, 2.24) is 10.3 Å². The highest BCUT2D eigenvalue weighted by atomic mass is 35.5. The maximum atomic E-state index is 12.5. The molecule has 0 radical (unpaired) electrons. The van der Waals surface area contributed by atoms with Crippen molar-refractivity contribution in [3.8, 4) is 11.3 Å². The lowest BCUT2D eigenvalue weighted by molar-refractivity contribution is 0.102. The molecular formula is C17H16ClN3O3. The van der Waals surface area contributed by atoms with Gasteiger partial charge >= 0.3 is 0 Å². The predicted molar refractivity (Wildman–Crippen MR) is 90.2 cm³/mol. The van der Waals surface area contributed by atoms with Crippen molar-refractivity contribution in [1.29, 1.82) is 0 Å². The molecule has 0 spiro atoms. The largest absolute Gasteiger partial charge is 0.360 e. The fourth-order valence-corrected chi connectivity index (χ4v) is 2.45. The Kier molecular flexibility index (Phi) is 4.40. The smallest absolute Gasteiger partial charge is 0.263 e. The molecule has 0 saturated heterocycles. The number of aromatic nitrogens is 2. The molecule has 1 amide bonds. The standard InChI is InChI=1S/C17H16ClN3O3/c1-9(2)16-15(10(3)20-24-16)17(22)19-14-8-13(21-23-14)11-4-6-12(18)7-5-11/h4-9H,1-3H3,(H,19,22). The minimum atomic E-state index is -0.337. The van der Waals surface area contributed by atoms with Crippen molar-refractivity contribution in [2.45, 2.75) is 26.7 Å². The monoisotopic (exact) mass is 345 g/mol. The topological polar surface area (TPSA) is 81.2 Å². The van der Waals surface area contributed by atoms with Gasteiger partial charge < -0.3 is 9.05 Å². The van der Waals surface area contributed by atoms with Gasteiger partial charge in [0.25, 0.3) is 5.91 Å². The zero-order chi connectivity index (χ0) is 17.3. The Hall–Kier alpha value is -2.60. The maximum Gasteiger partial charge on any atom is 0.263 e. The minimum Gasteiger partial charge on any atom is -0.360 e. The third-order valence-corrected chi connectivity index (χ3v) is 3.78. The van der Waals surface area contributed by atoms with Crippen LogP contribution in [-0.4, -0.2) is 16.2 Å². The Morgan fingerprint density at radius 3 is 2.54 bits per heavy atom. The number of aryl methyl sites for hydroxylation is 1. The first kappa shape index (κ1) is 16.3. The summed E-state index contributed by atoms with van der Waals surface area (Å²) in [7, 11) is 0. The highest BCUT2D eigenvalue weighted by Crippen LogP contribution is 2.26. The van der Waals surface area contributed by atoms with Crippen LogP contribution in [0.1, 0.15) is 41.6 Å². The van der Waals surface area contributed by atoms with E-state index in [0.717, 1.165) is 5.56 Å². The van der Waals surface area contributed by atoms with Crippen LogP contribution >= 0.6 is 11.6 Å². The van der Waals surface area contributed by atoms with Crippen LogP contribution in [0.4, 0.5) is 5.88 Å². The highest BCUT2D eigenvalue weighted by Gasteiger charge is 2.23. The van der Waals surface area contributed by atoms with Crippen LogP contribution in [0.2, 0.25) is 5.02 Å². The Morgan fingerprint density at radius 2 is 1.88 bits per heavy atom. The van der Waals surface area contributed by atoms with Crippen LogP contribution in [0.3, 0.4) is 0 Å². The predicted octanol–water partition coefficient (Wildman–Crippen LogP) is 4.67. The molecule has 0 aliphatic carbocycles. The molecule has 3 aromatic rings. The zero-order valence-corrected chi connectivity index (χ0v) is 14.2. The van der Waals surface area contributed by atoms with E-state index in [-0.39, 0.29) is 17.7 Å². The van der Waals surface area contributed by atoms with Gasteiger partial charge in [0.1, 0.15) is 11.3 Å². The van der Waals surface area contributed by atoms with Gasteiger partial charge in [-0.3, -0.25) is 10.1 Å². The van der Waals surface area contributed by atoms with Crippen LogP contribution in [0.25, 0.3) is 11.3 Å². The first-order chi connectivity index (χ1) is 11.5. The van der Waals surface area contributed by atoms with E-state index >= 15 is 0 Å². The fourth-order valence-electron chi connectivity index (χ4n) is 2.32. The Morgan fingerprint density at radius 1 is 1.17 bits per heavy atom. The fraction of sp³-hybridized carbons (Fsp3) is 0.235. The third-order valence-electron chi connectivity index (χ3n) is 3.53. The zero-order valence-electron chi connectivity index (χ0n) is 13.5. The number of carbonyl (C=O) groups excluding carboxylic acids is 1. The van der Waals surface area contributed by atoms with Crippen molar-refractivity contribution in [3.05, 3.63) is 52.4 Å². The van der Waals surface area contributed by atoms with Crippen molar-refractivity contribution in [2.24, 2.45) is 0 Å². The summed E-state index contributed by atoms with van der Waals surface area (Å²) in [5.74, 6) is 0.505. The molecule has 7 heteroatoms. The molecule has 0 fully saturated rings. The first-order valence-corrected chi connectivity index (χ1v) is 7.83. The van der Waals surface area contributed by atoms with Crippen LogP contribution in [-0.2, 0) is 0 Å². The lowest BCUT2D eigenvalue weighted by Gasteiger charge is -2.04. The molecule has 0 bridgehead atoms. The Labute approximate surface area is 143 Å². The van der Waals surface area contributed by atoms with Gasteiger partial charge in [-0.2, -0.15) is 0 Å². The number of halogens is 1. The number of nitrogens with zero attached hydrogens (tertiary/aromatic N) is 2. The second-order valence-electron chi connectivity index (χ2n) is 5.70. The molecule has 3 rings (SSSR count). The quantitative estimate of drug-likeness (QED) is 0.743. The van der Waals surface area contributed by atoms with Crippen molar-refractivity contribution in [2.75, 3.05) is 5.32 Å². The minimum absolute atomic E-state index is 0.0475. The molecule has 2 heterocycles. The van der Waals surface area contributed by atoms with Crippen molar-refractivity contribution >= 4 is 23.4 Å². The highest BCUT2D eigenvalue weighted by molar-refractivity contribution is 6.30. The van der Waals surface area contributed by atoms with Crippen LogP contribution < -0.4 is 5.32 Å². The molecule has 24 heavy (non-hydrogen) atoms. The molecule has 0 aliphatic rings. The summed E-state index contributed by atoms with van der Waals surface area (Å²) in [5.41, 5.74) is 2.41. The molecule has 1 N–H and O–H groups in total. The Bertz CT molecular complexity index is 866. The average Bonchev–Trinajstić information content (AvgIpc) is 3.14. The average molecular weight is 346 g/mol. The molecule has 0 aliphatic heterocycles. The van der Waals surface area contributed by atoms with Gasteiger partial charge in [-0.25, -0.2) is 0 Å². The number of rotatable bonds is 4. The van der Waals surface area contributed by atoms with Gasteiger partial charge in [0.15, 0.2) is 5.76 Å². The van der Waals surface area contributed by atoms with Crippen LogP contribution in [0.5, 0.6) is 0 Å². The van der Waals surface area contributed by atoms with E-state index in [1.807, 2.05) is 26.0 Å². The third kappa shape index (κ3) is 3.19. The number of nitrogens with one attached hydrogen (secondary N) is 1. The number of hydrogen-bond donors (Lipinski definition) is 1. The van der Waals surface area contributed by atoms with E-state index in [0.29, 0.717) is 27.7 Å². The van der Waals surface area contributed by atoms with Crippen LogP contribution in [0.15, 0.2) is 39.4 Å². The van der Waals surface area contributed by atoms with Crippen molar-refractivity contribution in [3.63, 3.8) is 0 Å². The van der Waals surface area contributed by atoms with Crippen LogP contribution in [0, 0.1) is 6.92 Å². The summed E-state index contributed by atoms with van der Waals surface area (Å²) in [6.45, 7) is 5.59. The van der Waals surface area contributed by atoms with E-state index in [4.69, 9.17) is 20.6 Å². The maximum absolute atomic E-state index is 12.5. The summed E-state index contributed by atoms with van der Waals surface area (Å²) in [5, 5.41) is 11.2. The molecule has 124 valence electrons.